The van der Waals surface area contributed by atoms with Gasteiger partial charge >= 0.3 is 0 Å². The topological polar surface area (TPSA) is 109 Å². The van der Waals surface area contributed by atoms with Crippen molar-refractivity contribution in [2.75, 3.05) is 20.1 Å². The van der Waals surface area contributed by atoms with E-state index in [9.17, 15) is 19.1 Å². The van der Waals surface area contributed by atoms with Crippen molar-refractivity contribution in [1.29, 1.82) is 0 Å². The summed E-state index contributed by atoms with van der Waals surface area (Å²) in [6, 6.07) is 3.19. The summed E-state index contributed by atoms with van der Waals surface area (Å²) in [5.41, 5.74) is 1.72. The number of β-amino-alcohol motifs (C(OH)–C–C–N with tert-alkyl or cyclic N) is 1. The SMILES string of the molecule is CN[C@@H](C)C(=O)NC(C(=O)N1C[C@@H](O)[C@H]2NC[C@H](c3c[nH]c4cc(F)ccc34)[C@H]21)C1CCCCC1. The molecule has 2 aromatic rings. The van der Waals surface area contributed by atoms with Crippen molar-refractivity contribution < 1.29 is 19.1 Å². The second-order valence-electron chi connectivity index (χ2n) is 10.4. The van der Waals surface area contributed by atoms with Crippen LogP contribution in [0.1, 0.15) is 50.5 Å². The van der Waals surface area contributed by atoms with Crippen LogP contribution >= 0.6 is 0 Å². The second kappa shape index (κ2) is 9.87. The summed E-state index contributed by atoms with van der Waals surface area (Å²) in [6.07, 6.45) is 6.28. The molecule has 0 spiro atoms. The Labute approximate surface area is 205 Å². The molecule has 3 aliphatic rings. The highest BCUT2D eigenvalue weighted by Crippen LogP contribution is 2.40. The Bertz CT molecular complexity index is 1080. The zero-order chi connectivity index (χ0) is 24.7. The number of likely N-dealkylation sites (N-methyl/N-ethyl adjacent to an activating group) is 1. The lowest BCUT2D eigenvalue weighted by atomic mass is 9.82. The molecule has 1 aromatic carbocycles. The van der Waals surface area contributed by atoms with Gasteiger partial charge in [0.05, 0.1) is 24.2 Å². The molecule has 1 aliphatic carbocycles. The van der Waals surface area contributed by atoms with Crippen molar-refractivity contribution in [2.45, 2.75) is 75.2 Å². The van der Waals surface area contributed by atoms with Gasteiger partial charge in [-0.1, -0.05) is 19.3 Å². The fourth-order valence-electron chi connectivity index (χ4n) is 6.36. The van der Waals surface area contributed by atoms with E-state index in [1.165, 1.54) is 12.1 Å². The third-order valence-electron chi connectivity index (χ3n) is 8.38. The first kappa shape index (κ1) is 24.2. The van der Waals surface area contributed by atoms with E-state index in [4.69, 9.17) is 0 Å². The molecule has 190 valence electrons. The number of aromatic amines is 1. The van der Waals surface area contributed by atoms with Crippen LogP contribution in [0.25, 0.3) is 10.9 Å². The maximum Gasteiger partial charge on any atom is 0.245 e. The van der Waals surface area contributed by atoms with Crippen molar-refractivity contribution in [3.63, 3.8) is 0 Å². The Hall–Kier alpha value is -2.49. The fraction of sp³-hybridized carbons (Fsp3) is 0.615. The van der Waals surface area contributed by atoms with Gasteiger partial charge in [0.2, 0.25) is 11.8 Å². The Morgan fingerprint density at radius 1 is 1.23 bits per heavy atom. The summed E-state index contributed by atoms with van der Waals surface area (Å²) >= 11 is 0. The number of amides is 2. The van der Waals surface area contributed by atoms with Crippen LogP contribution in [0.2, 0.25) is 0 Å². The first-order valence-corrected chi connectivity index (χ1v) is 12.8. The fourth-order valence-corrected chi connectivity index (χ4v) is 6.36. The number of aromatic nitrogens is 1. The van der Waals surface area contributed by atoms with Crippen molar-refractivity contribution >= 4 is 22.7 Å². The molecule has 5 N–H and O–H groups in total. The lowest BCUT2D eigenvalue weighted by molar-refractivity contribution is -0.140. The Kier molecular flexibility index (Phi) is 6.83. The number of fused-ring (bicyclic) bond motifs is 2. The number of rotatable bonds is 6. The lowest BCUT2D eigenvalue weighted by Gasteiger charge is -2.36. The quantitative estimate of drug-likeness (QED) is 0.427. The number of benzene rings is 1. The van der Waals surface area contributed by atoms with E-state index >= 15 is 0 Å². The summed E-state index contributed by atoms with van der Waals surface area (Å²) in [7, 11) is 1.73. The number of carbonyl (C=O) groups excluding carboxylic acids is 2. The molecule has 3 heterocycles. The molecule has 3 fully saturated rings. The van der Waals surface area contributed by atoms with E-state index in [0.717, 1.165) is 43.1 Å². The predicted octanol–water partition coefficient (Wildman–Crippen LogP) is 1.61. The molecule has 2 saturated heterocycles. The molecule has 6 atom stereocenters. The smallest absolute Gasteiger partial charge is 0.245 e. The molecular weight excluding hydrogens is 449 g/mol. The highest BCUT2D eigenvalue weighted by Gasteiger charge is 2.53. The maximum atomic E-state index is 14.1. The van der Waals surface area contributed by atoms with Crippen LogP contribution in [0.3, 0.4) is 0 Å². The van der Waals surface area contributed by atoms with Gasteiger partial charge in [0.15, 0.2) is 0 Å². The van der Waals surface area contributed by atoms with Gasteiger partial charge < -0.3 is 30.9 Å². The first-order valence-electron chi connectivity index (χ1n) is 12.8. The Balaban J connectivity index is 1.45. The van der Waals surface area contributed by atoms with Crippen molar-refractivity contribution in [1.82, 2.24) is 25.8 Å². The summed E-state index contributed by atoms with van der Waals surface area (Å²) in [5.74, 6) is -0.570. The molecule has 0 bridgehead atoms. The van der Waals surface area contributed by atoms with Gasteiger partial charge in [0.25, 0.3) is 0 Å². The second-order valence-corrected chi connectivity index (χ2v) is 10.4. The normalized spacial score (nSPS) is 28.7. The van der Waals surface area contributed by atoms with Crippen LogP contribution in [0.15, 0.2) is 24.4 Å². The van der Waals surface area contributed by atoms with Crippen molar-refractivity contribution in [2.24, 2.45) is 5.92 Å². The van der Waals surface area contributed by atoms with Gasteiger partial charge in [-0.15, -0.1) is 0 Å². The number of aliphatic hydroxyl groups is 1. The van der Waals surface area contributed by atoms with E-state index < -0.39 is 18.2 Å². The molecular formula is C26H36FN5O3. The predicted molar refractivity (Wildman–Crippen MR) is 131 cm³/mol. The monoisotopic (exact) mass is 485 g/mol. The van der Waals surface area contributed by atoms with Gasteiger partial charge in [-0.3, -0.25) is 9.59 Å². The van der Waals surface area contributed by atoms with Gasteiger partial charge in [-0.05, 0) is 56.5 Å². The average Bonchev–Trinajstić information content (AvgIpc) is 3.56. The van der Waals surface area contributed by atoms with Crippen LogP contribution in [0.4, 0.5) is 4.39 Å². The molecule has 2 aliphatic heterocycles. The van der Waals surface area contributed by atoms with E-state index in [2.05, 4.69) is 20.9 Å². The molecule has 5 rings (SSSR count). The number of carbonyl (C=O) groups is 2. The van der Waals surface area contributed by atoms with Crippen LogP contribution in [-0.4, -0.2) is 77.2 Å². The molecule has 35 heavy (non-hydrogen) atoms. The van der Waals surface area contributed by atoms with Gasteiger partial charge in [-0.25, -0.2) is 4.39 Å². The molecule has 8 nitrogen and oxygen atoms in total. The van der Waals surface area contributed by atoms with Gasteiger partial charge in [0, 0.05) is 36.1 Å². The first-order chi connectivity index (χ1) is 16.9. The van der Waals surface area contributed by atoms with E-state index in [-0.39, 0.29) is 48.1 Å². The minimum Gasteiger partial charge on any atom is -0.390 e. The highest BCUT2D eigenvalue weighted by atomic mass is 19.1. The highest BCUT2D eigenvalue weighted by molar-refractivity contribution is 5.90. The van der Waals surface area contributed by atoms with Crippen molar-refractivity contribution in [3.05, 3.63) is 35.8 Å². The molecule has 9 heteroatoms. The Morgan fingerprint density at radius 3 is 2.74 bits per heavy atom. The number of nitrogens with zero attached hydrogens (tertiary/aromatic N) is 1. The Morgan fingerprint density at radius 2 is 2.00 bits per heavy atom. The maximum absolute atomic E-state index is 14.1. The number of nitrogens with one attached hydrogen (secondary N) is 4. The van der Waals surface area contributed by atoms with Crippen LogP contribution in [0.5, 0.6) is 0 Å². The summed E-state index contributed by atoms with van der Waals surface area (Å²) in [4.78, 5) is 31.9. The summed E-state index contributed by atoms with van der Waals surface area (Å²) in [5, 5.41) is 21.2. The standard InChI is InChI=1S/C26H36FN5O3/c1-14(28-2)25(34)31-22(15-6-4-3-5-7-15)26(35)32-13-21(33)23-24(32)19(12-30-23)18-11-29-20-10-16(27)8-9-17(18)20/h8-11,14-15,19,21-24,28-30,33H,3-7,12-13H2,1-2H3,(H,31,34)/t14-,19+,21+,22?,23+,24+/m0/s1. The zero-order valence-corrected chi connectivity index (χ0v) is 20.4. The number of hydrogen-bond donors (Lipinski definition) is 5. The molecule has 1 aromatic heterocycles. The third-order valence-corrected chi connectivity index (χ3v) is 8.38. The minimum absolute atomic E-state index is 0.0562. The number of likely N-dealkylation sites (tertiary alicyclic amines) is 1. The number of hydrogen-bond acceptors (Lipinski definition) is 5. The summed E-state index contributed by atoms with van der Waals surface area (Å²) < 4.78 is 13.8. The number of H-pyrrole nitrogens is 1. The van der Waals surface area contributed by atoms with Gasteiger partial charge in [-0.2, -0.15) is 0 Å². The number of halogens is 1. The molecule has 1 unspecified atom stereocenters. The summed E-state index contributed by atoms with van der Waals surface area (Å²) in [6.45, 7) is 2.62. The van der Waals surface area contributed by atoms with Crippen molar-refractivity contribution in [3.8, 4) is 0 Å². The van der Waals surface area contributed by atoms with E-state index in [1.807, 2.05) is 6.20 Å². The largest absolute Gasteiger partial charge is 0.390 e. The average molecular weight is 486 g/mol. The minimum atomic E-state index is -0.685. The molecule has 0 radical (unpaired) electrons. The van der Waals surface area contributed by atoms with Gasteiger partial charge in [0.1, 0.15) is 11.9 Å². The van der Waals surface area contributed by atoms with Crippen LogP contribution in [-0.2, 0) is 9.59 Å². The lowest BCUT2D eigenvalue weighted by Crippen LogP contribution is -2.57. The molecule has 2 amide bonds. The van der Waals surface area contributed by atoms with E-state index in [1.54, 1.807) is 24.9 Å². The van der Waals surface area contributed by atoms with Crippen LogP contribution in [0, 0.1) is 11.7 Å². The van der Waals surface area contributed by atoms with Crippen LogP contribution < -0.4 is 16.0 Å². The number of aliphatic hydroxyl groups excluding tert-OH is 1. The molecule has 1 saturated carbocycles. The van der Waals surface area contributed by atoms with E-state index in [0.29, 0.717) is 12.1 Å². The third kappa shape index (κ3) is 4.45. The zero-order valence-electron chi connectivity index (χ0n) is 20.4.